The van der Waals surface area contributed by atoms with Crippen LogP contribution in [0.25, 0.3) is 5.57 Å². The van der Waals surface area contributed by atoms with Crippen molar-refractivity contribution in [1.82, 2.24) is 5.32 Å². The quantitative estimate of drug-likeness (QED) is 0.448. The van der Waals surface area contributed by atoms with Gasteiger partial charge in [0.25, 0.3) is 0 Å². The summed E-state index contributed by atoms with van der Waals surface area (Å²) < 4.78 is 24.6. The molecule has 1 N–H and O–H groups in total. The lowest BCUT2D eigenvalue weighted by Gasteiger charge is -2.47. The number of carbonyl (C=O) groups excluding carboxylic acids is 2. The van der Waals surface area contributed by atoms with E-state index in [0.717, 1.165) is 43.2 Å². The zero-order chi connectivity index (χ0) is 26.1. The van der Waals surface area contributed by atoms with E-state index in [2.05, 4.69) is 36.5 Å². The molecular formula is C31H40FNO4. The number of amides is 1. The number of nitrogens with one attached hydrogen (secondary N) is 1. The third kappa shape index (κ3) is 5.39. The molecule has 1 unspecified atom stereocenters. The minimum absolute atomic E-state index is 0. The number of benzene rings is 1. The largest absolute Gasteiger partial charge is 0.462 e. The summed E-state index contributed by atoms with van der Waals surface area (Å²) in [6, 6.07) is 6.89. The van der Waals surface area contributed by atoms with Crippen LogP contribution in [-0.4, -0.2) is 30.8 Å². The molecule has 0 spiro atoms. The van der Waals surface area contributed by atoms with E-state index in [-0.39, 0.29) is 55.1 Å². The Bertz CT molecular complexity index is 1130. The highest BCUT2D eigenvalue weighted by atomic mass is 19.1. The molecule has 1 heterocycles. The lowest BCUT2D eigenvalue weighted by Crippen LogP contribution is -2.48. The number of alkyl carbamates (subject to hydrolysis) is 1. The zero-order valence-electron chi connectivity index (χ0n) is 22.0. The van der Waals surface area contributed by atoms with Crippen LogP contribution >= 0.6 is 0 Å². The summed E-state index contributed by atoms with van der Waals surface area (Å²) in [6.45, 7) is 6.39. The normalized spacial score (nSPS) is 35.2. The number of rotatable bonds is 5. The molecule has 1 aromatic carbocycles. The first kappa shape index (κ1) is 25.7. The van der Waals surface area contributed by atoms with Gasteiger partial charge in [0.05, 0.1) is 12.5 Å². The molecule has 3 fully saturated rings. The molecule has 1 aliphatic heterocycles. The van der Waals surface area contributed by atoms with Crippen LogP contribution in [0.5, 0.6) is 0 Å². The zero-order valence-corrected chi connectivity index (χ0v) is 22.0. The molecule has 5 nitrogen and oxygen atoms in total. The molecule has 1 aromatic rings. The van der Waals surface area contributed by atoms with Gasteiger partial charge in [0, 0.05) is 13.4 Å². The van der Waals surface area contributed by atoms with Crippen LogP contribution in [0.3, 0.4) is 0 Å². The molecule has 0 aromatic heterocycles. The van der Waals surface area contributed by atoms with Gasteiger partial charge in [0.1, 0.15) is 11.9 Å². The highest BCUT2D eigenvalue weighted by Gasteiger charge is 2.54. The van der Waals surface area contributed by atoms with Crippen molar-refractivity contribution in [3.63, 3.8) is 0 Å². The highest BCUT2D eigenvalue weighted by molar-refractivity contribution is 5.75. The van der Waals surface area contributed by atoms with Gasteiger partial charge < -0.3 is 14.8 Å². The van der Waals surface area contributed by atoms with Crippen molar-refractivity contribution in [1.29, 1.82) is 0 Å². The van der Waals surface area contributed by atoms with E-state index in [1.807, 2.05) is 19.9 Å². The van der Waals surface area contributed by atoms with Gasteiger partial charge in [-0.05, 0) is 98.5 Å². The Morgan fingerprint density at radius 1 is 1.24 bits per heavy atom. The van der Waals surface area contributed by atoms with Crippen molar-refractivity contribution in [2.75, 3.05) is 6.61 Å². The summed E-state index contributed by atoms with van der Waals surface area (Å²) in [5.41, 5.74) is 3.35. The van der Waals surface area contributed by atoms with E-state index in [1.54, 1.807) is 12.1 Å². The maximum atomic E-state index is 13.8. The van der Waals surface area contributed by atoms with Crippen LogP contribution < -0.4 is 5.32 Å². The van der Waals surface area contributed by atoms with Crippen molar-refractivity contribution >= 4 is 17.6 Å². The predicted molar refractivity (Wildman–Crippen MR) is 143 cm³/mol. The summed E-state index contributed by atoms with van der Waals surface area (Å²) in [7, 11) is 0. The maximum Gasteiger partial charge on any atom is 0.407 e. The van der Waals surface area contributed by atoms with Crippen LogP contribution in [0.2, 0.25) is 0 Å². The Labute approximate surface area is 220 Å². The van der Waals surface area contributed by atoms with Crippen LogP contribution in [-0.2, 0) is 14.3 Å². The lowest BCUT2D eigenvalue weighted by atomic mass is 9.57. The Hall–Kier alpha value is -2.89. The van der Waals surface area contributed by atoms with Gasteiger partial charge in [-0.15, -0.1) is 0 Å². The van der Waals surface area contributed by atoms with Gasteiger partial charge in [-0.3, -0.25) is 4.79 Å². The van der Waals surface area contributed by atoms with Gasteiger partial charge in [0.2, 0.25) is 0 Å². The Balaban J connectivity index is 0.00000336. The standard InChI is InChI=1S/C31H38FNO4.H2/c1-4-36-31(35)33-24-10-13-26-22(16-24)17-28-29(19(3)37-30(28)34)27(26)12-9-20-8-11-25(18(2)14-20)21-6-5-7-23(32)15-21;/h5-9,11-12,15,18-19,22,24,26-29H,4,10,13-14,16-17H2,1-3H3,(H,33,35);1H/b12-9+;/t18?,19-,22-,24-,26-,27+,28-,29-;/m1./s1. The topological polar surface area (TPSA) is 64.6 Å². The van der Waals surface area contributed by atoms with E-state index in [4.69, 9.17) is 9.47 Å². The van der Waals surface area contributed by atoms with Crippen molar-refractivity contribution in [2.45, 2.75) is 65.0 Å². The second kappa shape index (κ2) is 10.8. The minimum atomic E-state index is -0.353. The van der Waals surface area contributed by atoms with Gasteiger partial charge in [-0.2, -0.15) is 0 Å². The average Bonchev–Trinajstić information content (AvgIpc) is 3.14. The Kier molecular flexibility index (Phi) is 7.55. The molecule has 5 rings (SSSR count). The molecule has 0 bridgehead atoms. The molecule has 6 heteroatoms. The van der Waals surface area contributed by atoms with Crippen molar-refractivity contribution < 1.29 is 24.9 Å². The van der Waals surface area contributed by atoms with Crippen molar-refractivity contribution in [2.24, 2.45) is 35.5 Å². The second-order valence-corrected chi connectivity index (χ2v) is 11.3. The molecule has 37 heavy (non-hydrogen) atoms. The first-order chi connectivity index (χ1) is 17.8. The molecule has 200 valence electrons. The minimum Gasteiger partial charge on any atom is -0.462 e. The summed E-state index contributed by atoms with van der Waals surface area (Å²) >= 11 is 0. The Morgan fingerprint density at radius 3 is 2.84 bits per heavy atom. The highest BCUT2D eigenvalue weighted by Crippen LogP contribution is 2.53. The van der Waals surface area contributed by atoms with Crippen molar-refractivity contribution in [3.05, 3.63) is 65.5 Å². The smallest absolute Gasteiger partial charge is 0.407 e. The number of allylic oxidation sites excluding steroid dienone is 6. The summed E-state index contributed by atoms with van der Waals surface area (Å²) in [4.78, 5) is 24.7. The number of ether oxygens (including phenoxy) is 2. The summed E-state index contributed by atoms with van der Waals surface area (Å²) in [5.74, 6) is 1.23. The number of hydrogen-bond donors (Lipinski definition) is 1. The number of hydrogen-bond acceptors (Lipinski definition) is 4. The van der Waals surface area contributed by atoms with Gasteiger partial charge in [-0.1, -0.05) is 43.4 Å². The fourth-order valence-electron chi connectivity index (χ4n) is 7.39. The molecular weight excluding hydrogens is 469 g/mol. The fourth-order valence-corrected chi connectivity index (χ4v) is 7.39. The van der Waals surface area contributed by atoms with Crippen LogP contribution in [0.15, 0.2) is 54.1 Å². The lowest BCUT2D eigenvalue weighted by molar-refractivity contribution is -0.144. The van der Waals surface area contributed by atoms with Gasteiger partial charge in [0.15, 0.2) is 0 Å². The predicted octanol–water partition coefficient (Wildman–Crippen LogP) is 6.71. The molecule has 8 atom stereocenters. The number of cyclic esters (lactones) is 1. The van der Waals surface area contributed by atoms with Crippen molar-refractivity contribution in [3.8, 4) is 0 Å². The first-order valence-electron chi connectivity index (χ1n) is 13.8. The summed E-state index contributed by atoms with van der Waals surface area (Å²) in [5, 5.41) is 3.02. The third-order valence-electron chi connectivity index (χ3n) is 8.99. The van der Waals surface area contributed by atoms with Crippen LogP contribution in [0, 0.1) is 41.3 Å². The number of carbonyl (C=O) groups is 2. The molecule has 0 radical (unpaired) electrons. The monoisotopic (exact) mass is 509 g/mol. The molecule has 2 saturated carbocycles. The van der Waals surface area contributed by atoms with E-state index in [0.29, 0.717) is 18.4 Å². The fraction of sp³-hybridized carbons (Fsp3) is 0.548. The van der Waals surface area contributed by atoms with E-state index < -0.39 is 0 Å². The van der Waals surface area contributed by atoms with E-state index in [9.17, 15) is 14.0 Å². The Morgan fingerprint density at radius 2 is 2.08 bits per heavy atom. The third-order valence-corrected chi connectivity index (χ3v) is 8.99. The molecule has 1 saturated heterocycles. The number of halogens is 1. The molecule has 4 aliphatic rings. The second-order valence-electron chi connectivity index (χ2n) is 11.3. The van der Waals surface area contributed by atoms with E-state index in [1.165, 1.54) is 11.6 Å². The average molecular weight is 510 g/mol. The van der Waals surface area contributed by atoms with Crippen LogP contribution in [0.4, 0.5) is 9.18 Å². The number of esters is 1. The van der Waals surface area contributed by atoms with Gasteiger partial charge >= 0.3 is 12.1 Å². The van der Waals surface area contributed by atoms with Crippen LogP contribution in [0.1, 0.15) is 59.9 Å². The van der Waals surface area contributed by atoms with Gasteiger partial charge in [-0.25, -0.2) is 9.18 Å². The maximum absolute atomic E-state index is 13.8. The summed E-state index contributed by atoms with van der Waals surface area (Å²) in [6.07, 6.45) is 13.0. The SMILES string of the molecule is CCOC(=O)N[C@@H]1CC[C@@H]2[C@H](C1)C[C@H]1C(=O)O[C@H](C)[C@@H]1[C@H]2/C=C/C1=CC=C(c2cccc(F)c2)C(C)C1.[HH]. The molecule has 3 aliphatic carbocycles. The molecule has 1 amide bonds. The van der Waals surface area contributed by atoms with E-state index >= 15 is 0 Å². The first-order valence-corrected chi connectivity index (χ1v) is 13.8. The number of fused-ring (bicyclic) bond motifs is 2.